The van der Waals surface area contributed by atoms with Crippen molar-refractivity contribution in [3.05, 3.63) is 23.3 Å². The minimum absolute atomic E-state index is 0.757. The van der Waals surface area contributed by atoms with Gasteiger partial charge in [-0.2, -0.15) is 0 Å². The second kappa shape index (κ2) is 5.39. The molecule has 1 atom stereocenters. The van der Waals surface area contributed by atoms with Crippen LogP contribution in [0.1, 0.15) is 36.7 Å². The van der Waals surface area contributed by atoms with Gasteiger partial charge in [0.25, 0.3) is 0 Å². The Morgan fingerprint density at radius 2 is 2.19 bits per heavy atom. The quantitative estimate of drug-likeness (QED) is 0.843. The van der Waals surface area contributed by atoms with Crippen molar-refractivity contribution in [1.29, 1.82) is 0 Å². The molecule has 3 nitrogen and oxygen atoms in total. The van der Waals surface area contributed by atoms with Crippen LogP contribution in [0, 0.1) is 12.8 Å². The molecule has 2 heterocycles. The van der Waals surface area contributed by atoms with Crippen molar-refractivity contribution in [2.45, 2.75) is 39.5 Å². The summed E-state index contributed by atoms with van der Waals surface area (Å²) in [7, 11) is 0. The predicted octanol–water partition coefficient (Wildman–Crippen LogP) is 1.89. The van der Waals surface area contributed by atoms with Crippen LogP contribution in [0.25, 0.3) is 0 Å². The van der Waals surface area contributed by atoms with E-state index in [1.165, 1.54) is 36.3 Å². The van der Waals surface area contributed by atoms with Crippen LogP contribution < -0.4 is 5.32 Å². The molecule has 88 valence electrons. The van der Waals surface area contributed by atoms with Gasteiger partial charge in [0, 0.05) is 11.4 Å². The molecule has 0 spiro atoms. The van der Waals surface area contributed by atoms with Gasteiger partial charge in [-0.3, -0.25) is 0 Å². The first-order chi connectivity index (χ1) is 7.81. The highest BCUT2D eigenvalue weighted by molar-refractivity contribution is 5.23. The fraction of sp³-hybridized carbons (Fsp3) is 0.692. The maximum atomic E-state index is 4.44. The molecule has 0 radical (unpaired) electrons. The fourth-order valence-electron chi connectivity index (χ4n) is 2.46. The molecule has 0 aromatic carbocycles. The monoisotopic (exact) mass is 219 g/mol. The average molecular weight is 219 g/mol. The second-order valence-electron chi connectivity index (χ2n) is 4.66. The maximum absolute atomic E-state index is 4.44. The number of hydrogen-bond acceptors (Lipinski definition) is 3. The van der Waals surface area contributed by atoms with E-state index in [4.69, 9.17) is 0 Å². The van der Waals surface area contributed by atoms with Crippen molar-refractivity contribution in [3.8, 4) is 0 Å². The average Bonchev–Trinajstić information content (AvgIpc) is 2.33. The molecule has 1 fully saturated rings. The highest BCUT2D eigenvalue weighted by Crippen LogP contribution is 2.18. The van der Waals surface area contributed by atoms with Crippen molar-refractivity contribution in [2.24, 2.45) is 5.92 Å². The predicted molar refractivity (Wildman–Crippen MR) is 65.4 cm³/mol. The first-order valence-electron chi connectivity index (χ1n) is 6.31. The Labute approximate surface area is 97.7 Å². The highest BCUT2D eigenvalue weighted by Gasteiger charge is 2.16. The molecule has 16 heavy (non-hydrogen) atoms. The van der Waals surface area contributed by atoms with Gasteiger partial charge in [0.2, 0.25) is 0 Å². The van der Waals surface area contributed by atoms with Gasteiger partial charge in [0.15, 0.2) is 0 Å². The zero-order valence-corrected chi connectivity index (χ0v) is 10.3. The van der Waals surface area contributed by atoms with Crippen molar-refractivity contribution in [1.82, 2.24) is 15.3 Å². The number of nitrogens with one attached hydrogen (secondary N) is 1. The third-order valence-electron chi connectivity index (χ3n) is 3.51. The van der Waals surface area contributed by atoms with Gasteiger partial charge in [0.1, 0.15) is 6.33 Å². The van der Waals surface area contributed by atoms with Crippen LogP contribution in [0.3, 0.4) is 0 Å². The van der Waals surface area contributed by atoms with Crippen LogP contribution in [-0.2, 0) is 12.8 Å². The summed E-state index contributed by atoms with van der Waals surface area (Å²) in [4.78, 5) is 8.77. The van der Waals surface area contributed by atoms with E-state index >= 15 is 0 Å². The molecule has 0 saturated carbocycles. The summed E-state index contributed by atoms with van der Waals surface area (Å²) < 4.78 is 0. The first-order valence-corrected chi connectivity index (χ1v) is 6.31. The van der Waals surface area contributed by atoms with Gasteiger partial charge >= 0.3 is 0 Å². The van der Waals surface area contributed by atoms with E-state index < -0.39 is 0 Å². The lowest BCUT2D eigenvalue weighted by molar-refractivity contribution is 0.373. The van der Waals surface area contributed by atoms with Gasteiger partial charge < -0.3 is 5.32 Å². The molecule has 3 heteroatoms. The van der Waals surface area contributed by atoms with Crippen LogP contribution in [0.15, 0.2) is 6.33 Å². The van der Waals surface area contributed by atoms with Crippen LogP contribution in [0.4, 0.5) is 0 Å². The molecule has 1 aliphatic rings. The zero-order chi connectivity index (χ0) is 11.4. The zero-order valence-electron chi connectivity index (χ0n) is 10.3. The summed E-state index contributed by atoms with van der Waals surface area (Å²) in [6.07, 6.45) is 6.46. The topological polar surface area (TPSA) is 37.8 Å². The van der Waals surface area contributed by atoms with Gasteiger partial charge in [-0.15, -0.1) is 0 Å². The van der Waals surface area contributed by atoms with Gasteiger partial charge in [-0.1, -0.05) is 6.92 Å². The molecule has 1 unspecified atom stereocenters. The van der Waals surface area contributed by atoms with Crippen molar-refractivity contribution >= 4 is 0 Å². The Hall–Kier alpha value is -0.960. The van der Waals surface area contributed by atoms with E-state index in [2.05, 4.69) is 29.1 Å². The smallest absolute Gasteiger partial charge is 0.115 e. The Balaban J connectivity index is 2.08. The van der Waals surface area contributed by atoms with Crippen molar-refractivity contribution in [3.63, 3.8) is 0 Å². The van der Waals surface area contributed by atoms with Gasteiger partial charge in [0.05, 0.1) is 0 Å². The Kier molecular flexibility index (Phi) is 3.88. The van der Waals surface area contributed by atoms with Gasteiger partial charge in [-0.05, 0) is 57.2 Å². The number of aromatic nitrogens is 2. The van der Waals surface area contributed by atoms with E-state index in [1.807, 2.05) is 0 Å². The number of rotatable bonds is 3. The molecule has 0 bridgehead atoms. The lowest BCUT2D eigenvalue weighted by atomic mass is 9.93. The summed E-state index contributed by atoms with van der Waals surface area (Å²) in [6, 6.07) is 0. The Bertz CT molecular complexity index is 343. The van der Waals surface area contributed by atoms with Crippen molar-refractivity contribution in [2.75, 3.05) is 13.1 Å². The van der Waals surface area contributed by atoms with Crippen molar-refractivity contribution < 1.29 is 0 Å². The summed E-state index contributed by atoms with van der Waals surface area (Å²) in [6.45, 7) is 6.63. The highest BCUT2D eigenvalue weighted by atomic mass is 14.9. The molecule has 1 aliphatic heterocycles. The lowest BCUT2D eigenvalue weighted by Gasteiger charge is -2.23. The third-order valence-corrected chi connectivity index (χ3v) is 3.51. The molecule has 0 aliphatic carbocycles. The number of hydrogen-bond donors (Lipinski definition) is 1. The molecule has 1 saturated heterocycles. The van der Waals surface area contributed by atoms with Gasteiger partial charge in [-0.25, -0.2) is 9.97 Å². The second-order valence-corrected chi connectivity index (χ2v) is 4.66. The Morgan fingerprint density at radius 1 is 1.38 bits per heavy atom. The summed E-state index contributed by atoms with van der Waals surface area (Å²) in [5.41, 5.74) is 3.75. The summed E-state index contributed by atoms with van der Waals surface area (Å²) in [5, 5.41) is 3.46. The largest absolute Gasteiger partial charge is 0.316 e. The molecule has 0 amide bonds. The molecular weight excluding hydrogens is 198 g/mol. The minimum Gasteiger partial charge on any atom is -0.316 e. The van der Waals surface area contributed by atoms with Crippen LogP contribution in [0.2, 0.25) is 0 Å². The normalized spacial score (nSPS) is 21.0. The molecule has 1 N–H and O–H groups in total. The van der Waals surface area contributed by atoms with E-state index in [9.17, 15) is 0 Å². The van der Waals surface area contributed by atoms with E-state index in [-0.39, 0.29) is 0 Å². The lowest BCUT2D eigenvalue weighted by Crippen LogP contribution is -2.31. The fourth-order valence-corrected chi connectivity index (χ4v) is 2.46. The maximum Gasteiger partial charge on any atom is 0.115 e. The van der Waals surface area contributed by atoms with Crippen LogP contribution >= 0.6 is 0 Å². The molecule has 1 aromatic heterocycles. The molecule has 2 rings (SSSR count). The number of piperidine rings is 1. The van der Waals surface area contributed by atoms with Crippen LogP contribution in [-0.4, -0.2) is 23.1 Å². The van der Waals surface area contributed by atoms with Crippen LogP contribution in [0.5, 0.6) is 0 Å². The molecule has 1 aromatic rings. The SMILES string of the molecule is CCc1ncnc(CC2CCCNC2)c1C. The summed E-state index contributed by atoms with van der Waals surface area (Å²) >= 11 is 0. The number of aryl methyl sites for hydroxylation is 1. The standard InChI is InChI=1S/C13H21N3/c1-3-12-10(2)13(16-9-15-12)7-11-5-4-6-14-8-11/h9,11,14H,3-8H2,1-2H3. The van der Waals surface area contributed by atoms with E-state index in [1.54, 1.807) is 6.33 Å². The first kappa shape index (κ1) is 11.5. The Morgan fingerprint density at radius 3 is 2.88 bits per heavy atom. The minimum atomic E-state index is 0.757. The molecular formula is C13H21N3. The van der Waals surface area contributed by atoms with E-state index in [0.717, 1.165) is 25.3 Å². The van der Waals surface area contributed by atoms with E-state index in [0.29, 0.717) is 0 Å². The summed E-state index contributed by atoms with van der Waals surface area (Å²) in [5.74, 6) is 0.757. The third kappa shape index (κ3) is 2.59. The number of nitrogens with zero attached hydrogens (tertiary/aromatic N) is 2.